The molecule has 33 heavy (non-hydrogen) atoms. The summed E-state index contributed by atoms with van der Waals surface area (Å²) >= 11 is 6.53. The van der Waals surface area contributed by atoms with Gasteiger partial charge in [0.25, 0.3) is 0 Å². The molecule has 8 nitrogen and oxygen atoms in total. The molecule has 3 heterocycles. The molecule has 0 radical (unpaired) electrons. The number of nitrogens with one attached hydrogen (secondary N) is 1. The Balaban J connectivity index is 1.63. The Bertz CT molecular complexity index is 1470. The first-order valence-corrected chi connectivity index (χ1v) is 10.7. The van der Waals surface area contributed by atoms with Crippen molar-refractivity contribution in [3.05, 3.63) is 77.5 Å². The van der Waals surface area contributed by atoms with Gasteiger partial charge in [-0.05, 0) is 32.0 Å². The number of aromatic nitrogens is 5. The second-order valence-corrected chi connectivity index (χ2v) is 7.96. The van der Waals surface area contributed by atoms with Crippen LogP contribution in [0, 0.1) is 6.92 Å². The molecule has 164 valence electrons. The molecule has 3 aromatic heterocycles. The van der Waals surface area contributed by atoms with Crippen molar-refractivity contribution in [1.82, 2.24) is 24.9 Å². The van der Waals surface area contributed by atoms with E-state index in [-0.39, 0.29) is 11.9 Å². The second kappa shape index (κ2) is 8.48. The van der Waals surface area contributed by atoms with Crippen LogP contribution in [0.25, 0.3) is 33.7 Å². The van der Waals surface area contributed by atoms with E-state index in [9.17, 15) is 0 Å². The molecule has 0 bridgehead atoms. The molecule has 0 aliphatic rings. The predicted octanol–water partition coefficient (Wildman–Crippen LogP) is 5.46. The minimum Gasteiger partial charge on any atom is -0.441 e. The molecule has 0 aliphatic carbocycles. The van der Waals surface area contributed by atoms with Gasteiger partial charge in [-0.3, -0.25) is 0 Å². The van der Waals surface area contributed by atoms with E-state index >= 15 is 0 Å². The fourth-order valence-corrected chi connectivity index (χ4v) is 3.86. The normalized spacial score (nSPS) is 12.1. The van der Waals surface area contributed by atoms with Gasteiger partial charge in [0, 0.05) is 5.56 Å². The molecule has 0 fully saturated rings. The summed E-state index contributed by atoms with van der Waals surface area (Å²) in [5.74, 6) is 1.75. The van der Waals surface area contributed by atoms with Crippen LogP contribution in [0.2, 0.25) is 5.02 Å². The molecular formula is C24H20ClN7O. The average molecular weight is 458 g/mol. The number of nitrogens with two attached hydrogens (primary N) is 1. The molecule has 0 saturated carbocycles. The maximum atomic E-state index is 6.53. The second-order valence-electron chi connectivity index (χ2n) is 7.55. The number of oxazole rings is 1. The first-order chi connectivity index (χ1) is 16.0. The SMILES string of the molecule is Cc1cnc(-c2c(N)ncnc2NC(C)c2nc3ccccc3nc2-c2ccccc2Cl)o1. The van der Waals surface area contributed by atoms with Gasteiger partial charge in [0.05, 0.1) is 39.7 Å². The lowest BCUT2D eigenvalue weighted by Crippen LogP contribution is -2.14. The number of benzene rings is 2. The van der Waals surface area contributed by atoms with Crippen molar-refractivity contribution in [2.75, 3.05) is 11.1 Å². The fourth-order valence-electron chi connectivity index (χ4n) is 3.63. The summed E-state index contributed by atoms with van der Waals surface area (Å²) in [6, 6.07) is 15.0. The standard InChI is InChI=1S/C24H20ClN7O/c1-13-11-27-24(33-13)19-22(26)28-12-29-23(19)30-14(2)20-21(15-7-3-4-8-16(15)25)32-18-10-6-5-9-17(18)31-20/h3-12,14H,1-2H3,(H3,26,28,29,30). The van der Waals surface area contributed by atoms with Crippen molar-refractivity contribution >= 4 is 34.3 Å². The number of nitrogen functional groups attached to an aromatic ring is 1. The Morgan fingerprint density at radius 3 is 2.42 bits per heavy atom. The number of fused-ring (bicyclic) bond motifs is 1. The third-order valence-corrected chi connectivity index (χ3v) is 5.53. The van der Waals surface area contributed by atoms with Gasteiger partial charge >= 0.3 is 0 Å². The largest absolute Gasteiger partial charge is 0.441 e. The van der Waals surface area contributed by atoms with Crippen LogP contribution >= 0.6 is 11.6 Å². The molecule has 9 heteroatoms. The van der Waals surface area contributed by atoms with Crippen LogP contribution in [0.3, 0.4) is 0 Å². The average Bonchev–Trinajstić information content (AvgIpc) is 3.24. The summed E-state index contributed by atoms with van der Waals surface area (Å²) in [6.07, 6.45) is 3.02. The Kier molecular flexibility index (Phi) is 5.35. The third-order valence-electron chi connectivity index (χ3n) is 5.20. The van der Waals surface area contributed by atoms with Crippen LogP contribution in [-0.2, 0) is 0 Å². The molecule has 0 amide bonds. The summed E-state index contributed by atoms with van der Waals surface area (Å²) in [6.45, 7) is 3.79. The maximum Gasteiger partial charge on any atom is 0.233 e. The first-order valence-electron chi connectivity index (χ1n) is 10.3. The molecule has 1 atom stereocenters. The lowest BCUT2D eigenvalue weighted by molar-refractivity contribution is 0.542. The zero-order valence-electron chi connectivity index (χ0n) is 18.0. The number of hydrogen-bond donors (Lipinski definition) is 2. The van der Waals surface area contributed by atoms with Gasteiger partial charge in [0.1, 0.15) is 29.3 Å². The minimum atomic E-state index is -0.308. The number of halogens is 1. The van der Waals surface area contributed by atoms with Crippen LogP contribution in [0.5, 0.6) is 0 Å². The summed E-state index contributed by atoms with van der Waals surface area (Å²) < 4.78 is 5.69. The van der Waals surface area contributed by atoms with Gasteiger partial charge in [-0.25, -0.2) is 24.9 Å². The first kappa shape index (κ1) is 20.8. The van der Waals surface area contributed by atoms with Gasteiger partial charge in [0.15, 0.2) is 0 Å². The van der Waals surface area contributed by atoms with Crippen molar-refractivity contribution in [2.24, 2.45) is 0 Å². The Morgan fingerprint density at radius 1 is 0.970 bits per heavy atom. The van der Waals surface area contributed by atoms with E-state index in [1.165, 1.54) is 6.33 Å². The highest BCUT2D eigenvalue weighted by Crippen LogP contribution is 2.36. The number of aryl methyl sites for hydroxylation is 1. The van der Waals surface area contributed by atoms with E-state index in [1.54, 1.807) is 6.20 Å². The van der Waals surface area contributed by atoms with Gasteiger partial charge in [-0.2, -0.15) is 0 Å². The topological polar surface area (TPSA) is 116 Å². The smallest absolute Gasteiger partial charge is 0.233 e. The highest BCUT2D eigenvalue weighted by molar-refractivity contribution is 6.33. The molecule has 0 spiro atoms. The monoisotopic (exact) mass is 457 g/mol. The number of hydrogen-bond acceptors (Lipinski definition) is 8. The van der Waals surface area contributed by atoms with Gasteiger partial charge < -0.3 is 15.5 Å². The number of anilines is 2. The van der Waals surface area contributed by atoms with E-state index in [0.29, 0.717) is 39.4 Å². The van der Waals surface area contributed by atoms with E-state index in [2.05, 4.69) is 20.3 Å². The molecular weight excluding hydrogens is 438 g/mol. The zero-order chi connectivity index (χ0) is 22.9. The van der Waals surface area contributed by atoms with Crippen molar-refractivity contribution < 1.29 is 4.42 Å². The fraction of sp³-hybridized carbons (Fsp3) is 0.125. The van der Waals surface area contributed by atoms with E-state index < -0.39 is 0 Å². The number of para-hydroxylation sites is 2. The number of rotatable bonds is 5. The van der Waals surface area contributed by atoms with Gasteiger partial charge in [-0.15, -0.1) is 0 Å². The summed E-state index contributed by atoms with van der Waals surface area (Å²) in [5, 5.41) is 3.99. The molecule has 2 aromatic carbocycles. The van der Waals surface area contributed by atoms with Crippen LogP contribution in [-0.4, -0.2) is 24.9 Å². The highest BCUT2D eigenvalue weighted by atomic mass is 35.5. The van der Waals surface area contributed by atoms with E-state index in [4.69, 9.17) is 31.7 Å². The number of nitrogens with zero attached hydrogens (tertiary/aromatic N) is 5. The maximum absolute atomic E-state index is 6.53. The van der Waals surface area contributed by atoms with Crippen molar-refractivity contribution in [3.8, 4) is 22.7 Å². The van der Waals surface area contributed by atoms with Crippen LogP contribution in [0.15, 0.2) is 65.5 Å². The predicted molar refractivity (Wildman–Crippen MR) is 129 cm³/mol. The summed E-state index contributed by atoms with van der Waals surface area (Å²) in [5.41, 5.74) is 10.4. The van der Waals surface area contributed by atoms with Gasteiger partial charge in [0.2, 0.25) is 5.89 Å². The van der Waals surface area contributed by atoms with Crippen LogP contribution < -0.4 is 11.1 Å². The minimum absolute atomic E-state index is 0.262. The zero-order valence-corrected chi connectivity index (χ0v) is 18.7. The molecule has 5 aromatic rings. The Morgan fingerprint density at radius 2 is 1.70 bits per heavy atom. The molecule has 3 N–H and O–H groups in total. The highest BCUT2D eigenvalue weighted by Gasteiger charge is 2.22. The molecule has 5 rings (SSSR count). The van der Waals surface area contributed by atoms with Crippen molar-refractivity contribution in [1.29, 1.82) is 0 Å². The van der Waals surface area contributed by atoms with Crippen LogP contribution in [0.1, 0.15) is 24.4 Å². The van der Waals surface area contributed by atoms with Crippen molar-refractivity contribution in [2.45, 2.75) is 19.9 Å². The lowest BCUT2D eigenvalue weighted by Gasteiger charge is -2.19. The summed E-state index contributed by atoms with van der Waals surface area (Å²) in [7, 11) is 0. The molecule has 1 unspecified atom stereocenters. The molecule has 0 aliphatic heterocycles. The Labute approximate surface area is 194 Å². The molecule has 0 saturated heterocycles. The van der Waals surface area contributed by atoms with E-state index in [1.807, 2.05) is 62.4 Å². The quantitative estimate of drug-likeness (QED) is 0.357. The summed E-state index contributed by atoms with van der Waals surface area (Å²) in [4.78, 5) is 22.6. The Hall–Kier alpha value is -4.04. The van der Waals surface area contributed by atoms with Crippen molar-refractivity contribution in [3.63, 3.8) is 0 Å². The lowest BCUT2D eigenvalue weighted by atomic mass is 10.0. The third kappa shape index (κ3) is 3.96. The van der Waals surface area contributed by atoms with Gasteiger partial charge in [-0.1, -0.05) is 41.9 Å². The van der Waals surface area contributed by atoms with E-state index in [0.717, 1.165) is 16.6 Å². The van der Waals surface area contributed by atoms with Crippen LogP contribution in [0.4, 0.5) is 11.6 Å².